The summed E-state index contributed by atoms with van der Waals surface area (Å²) in [6, 6.07) is 15.3. The van der Waals surface area contributed by atoms with Crippen molar-refractivity contribution < 1.29 is 22.7 Å². The van der Waals surface area contributed by atoms with Gasteiger partial charge in [0.15, 0.2) is 0 Å². The molecule has 0 aliphatic rings. The summed E-state index contributed by atoms with van der Waals surface area (Å²) in [6.07, 6.45) is 4.63. The molecular formula is C25H25N5O5S. The van der Waals surface area contributed by atoms with Crippen LogP contribution in [0.15, 0.2) is 84.1 Å². The van der Waals surface area contributed by atoms with Crippen molar-refractivity contribution in [2.45, 2.75) is 24.3 Å². The zero-order chi connectivity index (χ0) is 25.5. The van der Waals surface area contributed by atoms with E-state index in [0.717, 1.165) is 16.5 Å². The average molecular weight is 508 g/mol. The molecule has 0 saturated heterocycles. The van der Waals surface area contributed by atoms with Gasteiger partial charge in [-0.25, -0.2) is 8.42 Å². The molecular weight excluding hydrogens is 482 g/mol. The number of carbonyl (C=O) groups is 2. The number of sulfonamides is 1. The summed E-state index contributed by atoms with van der Waals surface area (Å²) in [4.78, 5) is 32.4. The molecule has 4 rings (SSSR count). The number of fused-ring (bicyclic) bond motifs is 1. The summed E-state index contributed by atoms with van der Waals surface area (Å²) >= 11 is 0. The molecule has 0 bridgehead atoms. The number of benzene rings is 2. The van der Waals surface area contributed by atoms with Gasteiger partial charge in [-0.2, -0.15) is 4.72 Å². The molecule has 0 spiro atoms. The van der Waals surface area contributed by atoms with Crippen molar-refractivity contribution >= 4 is 32.7 Å². The third kappa shape index (κ3) is 5.88. The Morgan fingerprint density at radius 3 is 2.53 bits per heavy atom. The fourth-order valence-electron chi connectivity index (χ4n) is 3.62. The number of amides is 2. The quantitative estimate of drug-likeness (QED) is 0.256. The Morgan fingerprint density at radius 2 is 1.81 bits per heavy atom. The monoisotopic (exact) mass is 507 g/mol. The Balaban J connectivity index is 1.56. The topological polar surface area (TPSA) is 142 Å². The first-order chi connectivity index (χ1) is 17.4. The van der Waals surface area contributed by atoms with E-state index in [4.69, 9.17) is 4.74 Å². The highest BCUT2D eigenvalue weighted by Gasteiger charge is 2.27. The number of nitrogens with zero attached hydrogens (tertiary/aromatic N) is 1. The number of ether oxygens (including phenoxy) is 1. The highest BCUT2D eigenvalue weighted by Crippen LogP contribution is 2.21. The molecule has 0 radical (unpaired) electrons. The number of hydrogen-bond acceptors (Lipinski definition) is 6. The normalized spacial score (nSPS) is 12.1. The lowest BCUT2D eigenvalue weighted by Gasteiger charge is -2.19. The smallest absolute Gasteiger partial charge is 0.271 e. The van der Waals surface area contributed by atoms with Crippen LogP contribution in [0.4, 0.5) is 0 Å². The predicted molar refractivity (Wildman–Crippen MR) is 134 cm³/mol. The Morgan fingerprint density at radius 1 is 1.03 bits per heavy atom. The second-order valence-electron chi connectivity index (χ2n) is 7.83. The zero-order valence-electron chi connectivity index (χ0n) is 19.4. The number of carbonyl (C=O) groups excluding carboxylic acids is 2. The zero-order valence-corrected chi connectivity index (χ0v) is 20.2. The molecule has 0 fully saturated rings. The molecule has 4 N–H and O–H groups in total. The lowest BCUT2D eigenvalue weighted by atomic mass is 10.1. The van der Waals surface area contributed by atoms with E-state index in [2.05, 4.69) is 25.5 Å². The van der Waals surface area contributed by atoms with Gasteiger partial charge in [0, 0.05) is 29.5 Å². The fraction of sp³-hybridized carbons (Fsp3) is 0.160. The number of nitrogens with one attached hydrogen (secondary N) is 4. The van der Waals surface area contributed by atoms with Crippen molar-refractivity contribution in [3.63, 3.8) is 0 Å². The van der Waals surface area contributed by atoms with Crippen molar-refractivity contribution in [3.8, 4) is 5.75 Å². The summed E-state index contributed by atoms with van der Waals surface area (Å²) in [5.74, 6) is -0.786. The number of para-hydroxylation sites is 1. The van der Waals surface area contributed by atoms with Crippen molar-refractivity contribution in [3.05, 3.63) is 90.4 Å². The summed E-state index contributed by atoms with van der Waals surface area (Å²) in [5.41, 5.74) is 6.45. The van der Waals surface area contributed by atoms with Gasteiger partial charge in [-0.3, -0.25) is 25.4 Å². The molecule has 1 atom stereocenters. The minimum absolute atomic E-state index is 0.0259. The van der Waals surface area contributed by atoms with E-state index < -0.39 is 27.9 Å². The lowest BCUT2D eigenvalue weighted by Crippen LogP contribution is -2.53. The van der Waals surface area contributed by atoms with Gasteiger partial charge in [-0.05, 0) is 61.4 Å². The molecule has 2 aromatic carbocycles. The lowest BCUT2D eigenvalue weighted by molar-refractivity contribution is -0.123. The van der Waals surface area contributed by atoms with Crippen LogP contribution in [-0.2, 0) is 21.2 Å². The predicted octanol–water partition coefficient (Wildman–Crippen LogP) is 2.31. The second-order valence-corrected chi connectivity index (χ2v) is 9.54. The largest absolute Gasteiger partial charge is 0.494 e. The Hall–Kier alpha value is -4.22. The van der Waals surface area contributed by atoms with Crippen molar-refractivity contribution in [1.82, 2.24) is 25.5 Å². The van der Waals surface area contributed by atoms with Gasteiger partial charge in [0.2, 0.25) is 10.0 Å². The number of hydrogen-bond donors (Lipinski definition) is 4. The highest BCUT2D eigenvalue weighted by atomic mass is 32.2. The van der Waals surface area contributed by atoms with Crippen molar-refractivity contribution in [2.75, 3.05) is 6.61 Å². The molecule has 36 heavy (non-hydrogen) atoms. The van der Waals surface area contributed by atoms with Crippen LogP contribution < -0.4 is 20.3 Å². The maximum Gasteiger partial charge on any atom is 0.271 e. The van der Waals surface area contributed by atoms with E-state index >= 15 is 0 Å². The first-order valence-corrected chi connectivity index (χ1v) is 12.7. The van der Waals surface area contributed by atoms with Gasteiger partial charge < -0.3 is 9.72 Å². The molecule has 0 saturated carbocycles. The van der Waals surface area contributed by atoms with E-state index in [1.54, 1.807) is 24.4 Å². The molecule has 0 aliphatic carbocycles. The van der Waals surface area contributed by atoms with Gasteiger partial charge in [0.1, 0.15) is 11.8 Å². The molecule has 2 amide bonds. The van der Waals surface area contributed by atoms with E-state index in [9.17, 15) is 18.0 Å². The highest BCUT2D eigenvalue weighted by molar-refractivity contribution is 7.89. The van der Waals surface area contributed by atoms with Gasteiger partial charge in [0.05, 0.1) is 17.1 Å². The number of aromatic amines is 1. The van der Waals surface area contributed by atoms with Crippen LogP contribution in [0.1, 0.15) is 22.8 Å². The van der Waals surface area contributed by atoms with Gasteiger partial charge in [-0.1, -0.05) is 18.2 Å². The summed E-state index contributed by atoms with van der Waals surface area (Å²) in [7, 11) is -4.08. The average Bonchev–Trinajstić information content (AvgIpc) is 3.30. The molecule has 2 heterocycles. The summed E-state index contributed by atoms with van der Waals surface area (Å²) in [5, 5.41) is 0.856. The van der Waals surface area contributed by atoms with Crippen LogP contribution in [-0.4, -0.2) is 42.8 Å². The standard InChI is InChI=1S/C25H25N5O5S/c1-2-35-19-9-11-20(12-10-19)36(33,34)30-23(14-18-16-27-22-8-4-3-7-21(18)22)25(32)29-28-24(31)17-6-5-13-26-15-17/h3-13,15-16,23,27,30H,2,14H2,1H3,(H,28,31)(H,29,32)/t23-/m1/s1. The Bertz CT molecular complexity index is 1450. The number of hydrazine groups is 1. The minimum atomic E-state index is -4.08. The van der Waals surface area contributed by atoms with E-state index in [1.165, 1.54) is 30.6 Å². The SMILES string of the molecule is CCOc1ccc(S(=O)(=O)N[C@H](Cc2c[nH]c3ccccc23)C(=O)NNC(=O)c2cccnc2)cc1. The van der Waals surface area contributed by atoms with Crippen LogP contribution in [0.2, 0.25) is 0 Å². The maximum absolute atomic E-state index is 13.1. The number of aromatic nitrogens is 2. The molecule has 2 aromatic heterocycles. The first-order valence-electron chi connectivity index (χ1n) is 11.2. The molecule has 0 unspecified atom stereocenters. The summed E-state index contributed by atoms with van der Waals surface area (Å²) in [6.45, 7) is 2.27. The van der Waals surface area contributed by atoms with Crippen molar-refractivity contribution in [2.24, 2.45) is 0 Å². The maximum atomic E-state index is 13.1. The third-order valence-electron chi connectivity index (χ3n) is 5.38. The first kappa shape index (κ1) is 24.9. The van der Waals surface area contributed by atoms with Gasteiger partial charge in [-0.15, -0.1) is 0 Å². The van der Waals surface area contributed by atoms with Crippen LogP contribution in [0.3, 0.4) is 0 Å². The number of pyridine rings is 1. The van der Waals surface area contributed by atoms with Crippen molar-refractivity contribution in [1.29, 1.82) is 0 Å². The van der Waals surface area contributed by atoms with Crippen LogP contribution in [0.5, 0.6) is 5.75 Å². The Labute approximate surface area is 208 Å². The van der Waals surface area contributed by atoms with Crippen LogP contribution >= 0.6 is 0 Å². The molecule has 10 nitrogen and oxygen atoms in total. The summed E-state index contributed by atoms with van der Waals surface area (Å²) < 4.78 is 34.1. The van der Waals surface area contributed by atoms with Crippen LogP contribution in [0, 0.1) is 0 Å². The van der Waals surface area contributed by atoms with Crippen LogP contribution in [0.25, 0.3) is 10.9 Å². The van der Waals surface area contributed by atoms with E-state index in [0.29, 0.717) is 12.4 Å². The van der Waals surface area contributed by atoms with Gasteiger partial charge in [0.25, 0.3) is 11.8 Å². The third-order valence-corrected chi connectivity index (χ3v) is 6.87. The minimum Gasteiger partial charge on any atom is -0.494 e. The molecule has 4 aromatic rings. The molecule has 186 valence electrons. The number of rotatable bonds is 9. The molecule has 11 heteroatoms. The fourth-order valence-corrected chi connectivity index (χ4v) is 4.82. The Kier molecular flexibility index (Phi) is 7.62. The van der Waals surface area contributed by atoms with E-state index in [1.807, 2.05) is 31.2 Å². The van der Waals surface area contributed by atoms with E-state index in [-0.39, 0.29) is 16.9 Å². The second kappa shape index (κ2) is 11.0. The van der Waals surface area contributed by atoms with Gasteiger partial charge >= 0.3 is 0 Å². The molecule has 0 aliphatic heterocycles. The number of H-pyrrole nitrogens is 1.